The van der Waals surface area contributed by atoms with Crippen LogP contribution in [0.3, 0.4) is 0 Å². The lowest BCUT2D eigenvalue weighted by Crippen LogP contribution is -2.53. The molecule has 3 nitrogen and oxygen atoms in total. The first-order valence-corrected chi connectivity index (χ1v) is 9.34. The van der Waals surface area contributed by atoms with Gasteiger partial charge in [-0.3, -0.25) is 0 Å². The third-order valence-electron chi connectivity index (χ3n) is 3.96. The van der Waals surface area contributed by atoms with E-state index < -0.39 is 0 Å². The number of carbonyl (C=O) groups is 2. The standard InChI is InChI=1S/C14H18Br2NO2S/c1-3-5-6-7-8-17(4-2)13(18)9-10(14(17)19)12(16)20-11(9)15/h3-8H2,1-2H3/q+1. The predicted octanol–water partition coefficient (Wildman–Crippen LogP) is 4.98. The van der Waals surface area contributed by atoms with Gasteiger partial charge in [0.15, 0.2) is 0 Å². The number of unbranched alkanes of at least 4 members (excludes halogenated alkanes) is 3. The molecule has 1 aliphatic heterocycles. The largest absolute Gasteiger partial charge is 0.356 e. The maximum absolute atomic E-state index is 12.8. The SMILES string of the molecule is CCCCCC[N+]1(CC)C(=O)c2c(Br)sc(Br)c2C1=O. The Balaban J connectivity index is 2.30. The van der Waals surface area contributed by atoms with Crippen LogP contribution in [-0.2, 0) is 0 Å². The minimum absolute atomic E-state index is 0.0425. The molecule has 2 amide bonds. The zero-order chi connectivity index (χ0) is 14.9. The average Bonchev–Trinajstić information content (AvgIpc) is 2.83. The van der Waals surface area contributed by atoms with E-state index in [1.165, 1.54) is 11.3 Å². The Kier molecular flexibility index (Phi) is 5.21. The van der Waals surface area contributed by atoms with Crippen LogP contribution in [0, 0.1) is 0 Å². The monoisotopic (exact) mass is 422 g/mol. The number of halogens is 2. The molecule has 0 N–H and O–H groups in total. The summed E-state index contributed by atoms with van der Waals surface area (Å²) < 4.78 is 1.48. The predicted molar refractivity (Wildman–Crippen MR) is 88.2 cm³/mol. The van der Waals surface area contributed by atoms with Crippen molar-refractivity contribution in [3.63, 3.8) is 0 Å². The van der Waals surface area contributed by atoms with Crippen LogP contribution in [0.5, 0.6) is 0 Å². The average molecular weight is 424 g/mol. The Morgan fingerprint density at radius 2 is 1.50 bits per heavy atom. The summed E-state index contributed by atoms with van der Waals surface area (Å²) in [7, 11) is 0. The second-order valence-electron chi connectivity index (χ2n) is 5.08. The molecule has 1 aromatic heterocycles. The summed E-state index contributed by atoms with van der Waals surface area (Å²) in [6, 6.07) is 0. The van der Waals surface area contributed by atoms with Crippen molar-refractivity contribution in [2.24, 2.45) is 0 Å². The van der Waals surface area contributed by atoms with Crippen LogP contribution in [-0.4, -0.2) is 29.4 Å². The van der Waals surface area contributed by atoms with Gasteiger partial charge in [0.25, 0.3) is 0 Å². The fourth-order valence-corrected chi connectivity index (χ4v) is 5.84. The topological polar surface area (TPSA) is 34.1 Å². The summed E-state index contributed by atoms with van der Waals surface area (Å²) in [6.07, 6.45) is 4.30. The number of amides is 2. The number of thiophene rings is 1. The first kappa shape index (κ1) is 16.3. The molecule has 0 saturated heterocycles. The van der Waals surface area contributed by atoms with Crippen LogP contribution >= 0.6 is 43.2 Å². The molecule has 6 heteroatoms. The maximum Gasteiger partial charge on any atom is 0.356 e. The third kappa shape index (κ3) is 2.45. The molecular weight excluding hydrogens is 406 g/mol. The normalized spacial score (nSPS) is 16.8. The van der Waals surface area contributed by atoms with Crippen LogP contribution in [0.15, 0.2) is 7.57 Å². The van der Waals surface area contributed by atoms with Crippen molar-refractivity contribution in [3.8, 4) is 0 Å². The van der Waals surface area contributed by atoms with Gasteiger partial charge in [-0.25, -0.2) is 9.59 Å². The fourth-order valence-electron chi connectivity index (χ4n) is 2.74. The first-order chi connectivity index (χ1) is 9.49. The lowest BCUT2D eigenvalue weighted by atomic mass is 10.2. The fraction of sp³-hybridized carbons (Fsp3) is 0.571. The van der Waals surface area contributed by atoms with Crippen molar-refractivity contribution >= 4 is 55.0 Å². The van der Waals surface area contributed by atoms with Gasteiger partial charge in [0.05, 0.1) is 20.7 Å². The van der Waals surface area contributed by atoms with Gasteiger partial charge in [0, 0.05) is 0 Å². The first-order valence-electron chi connectivity index (χ1n) is 6.94. The number of carbonyl (C=O) groups excluding carboxylic acids is 2. The molecule has 0 aromatic carbocycles. The summed E-state index contributed by atoms with van der Waals surface area (Å²) in [5.74, 6) is -0.0874. The Hall–Kier alpha value is -0.0400. The Bertz CT molecular complexity index is 517. The lowest BCUT2D eigenvalue weighted by molar-refractivity contribution is -0.761. The van der Waals surface area contributed by atoms with Crippen molar-refractivity contribution in [1.82, 2.24) is 0 Å². The van der Waals surface area contributed by atoms with Crippen LogP contribution < -0.4 is 0 Å². The van der Waals surface area contributed by atoms with E-state index >= 15 is 0 Å². The van der Waals surface area contributed by atoms with Crippen molar-refractivity contribution in [2.75, 3.05) is 13.1 Å². The number of quaternary nitrogens is 1. The van der Waals surface area contributed by atoms with E-state index in [2.05, 4.69) is 38.8 Å². The molecule has 20 heavy (non-hydrogen) atoms. The number of imide groups is 1. The summed E-state index contributed by atoms with van der Waals surface area (Å²) >= 11 is 8.23. The molecule has 1 aliphatic rings. The van der Waals surface area contributed by atoms with Gasteiger partial charge in [0.1, 0.15) is 11.1 Å². The summed E-state index contributed by atoms with van der Waals surface area (Å²) in [5.41, 5.74) is 1.15. The summed E-state index contributed by atoms with van der Waals surface area (Å²) in [4.78, 5) is 25.5. The Labute approximate surface area is 140 Å². The maximum atomic E-state index is 12.8. The molecule has 0 bridgehead atoms. The van der Waals surface area contributed by atoms with Crippen LogP contribution in [0.25, 0.3) is 0 Å². The van der Waals surface area contributed by atoms with Gasteiger partial charge < -0.3 is 0 Å². The second kappa shape index (κ2) is 6.38. The van der Waals surface area contributed by atoms with E-state index in [1.807, 2.05) is 6.92 Å². The van der Waals surface area contributed by atoms with E-state index in [1.54, 1.807) is 0 Å². The molecule has 0 unspecified atom stereocenters. The molecule has 0 atom stereocenters. The van der Waals surface area contributed by atoms with E-state index in [4.69, 9.17) is 0 Å². The Morgan fingerprint density at radius 1 is 0.950 bits per heavy atom. The minimum Gasteiger partial charge on any atom is -0.225 e. The quantitative estimate of drug-likeness (QED) is 0.367. The number of rotatable bonds is 6. The number of hydrogen-bond donors (Lipinski definition) is 0. The third-order valence-corrected chi connectivity index (χ3v) is 6.49. The molecule has 2 rings (SSSR count). The number of hydrogen-bond acceptors (Lipinski definition) is 3. The highest BCUT2D eigenvalue weighted by atomic mass is 79.9. The van der Waals surface area contributed by atoms with Gasteiger partial charge in [-0.1, -0.05) is 19.8 Å². The molecule has 0 fully saturated rings. The van der Waals surface area contributed by atoms with Crippen molar-refractivity contribution in [2.45, 2.75) is 39.5 Å². The molecule has 110 valence electrons. The van der Waals surface area contributed by atoms with Crippen LogP contribution in [0.4, 0.5) is 0 Å². The molecule has 0 spiro atoms. The summed E-state index contributed by atoms with van der Waals surface area (Å²) in [6.45, 7) is 5.23. The Morgan fingerprint density at radius 3 is 1.95 bits per heavy atom. The number of nitrogens with zero attached hydrogens (tertiary/aromatic N) is 1. The van der Waals surface area contributed by atoms with Crippen molar-refractivity contribution in [1.29, 1.82) is 0 Å². The number of fused-ring (bicyclic) bond motifs is 1. The van der Waals surface area contributed by atoms with Crippen LogP contribution in [0.2, 0.25) is 0 Å². The van der Waals surface area contributed by atoms with Gasteiger partial charge in [-0.15, -0.1) is 11.3 Å². The second-order valence-corrected chi connectivity index (χ2v) is 8.73. The molecular formula is C14H18Br2NO2S+. The highest BCUT2D eigenvalue weighted by Gasteiger charge is 2.55. The van der Waals surface area contributed by atoms with Crippen LogP contribution in [0.1, 0.15) is 60.2 Å². The van der Waals surface area contributed by atoms with E-state index in [-0.39, 0.29) is 16.3 Å². The molecule has 2 heterocycles. The molecule has 1 aromatic rings. The van der Waals surface area contributed by atoms with E-state index in [0.29, 0.717) is 24.2 Å². The van der Waals surface area contributed by atoms with Gasteiger partial charge in [0.2, 0.25) is 0 Å². The summed E-state index contributed by atoms with van der Waals surface area (Å²) in [5, 5.41) is 0. The molecule has 0 saturated carbocycles. The zero-order valence-corrected chi connectivity index (χ0v) is 15.7. The van der Waals surface area contributed by atoms with Gasteiger partial charge in [-0.2, -0.15) is 4.48 Å². The highest BCUT2D eigenvalue weighted by Crippen LogP contribution is 2.44. The van der Waals surface area contributed by atoms with E-state index in [9.17, 15) is 9.59 Å². The highest BCUT2D eigenvalue weighted by molar-refractivity contribution is 9.12. The lowest BCUT2D eigenvalue weighted by Gasteiger charge is -2.27. The zero-order valence-electron chi connectivity index (χ0n) is 11.7. The minimum atomic E-state index is -0.0437. The van der Waals surface area contributed by atoms with Crippen molar-refractivity contribution in [3.05, 3.63) is 18.7 Å². The van der Waals surface area contributed by atoms with E-state index in [0.717, 1.165) is 33.3 Å². The van der Waals surface area contributed by atoms with Gasteiger partial charge in [-0.05, 0) is 51.6 Å². The van der Waals surface area contributed by atoms with Gasteiger partial charge >= 0.3 is 11.8 Å². The van der Waals surface area contributed by atoms with Crippen molar-refractivity contribution < 1.29 is 14.1 Å². The smallest absolute Gasteiger partial charge is 0.225 e. The molecule has 0 radical (unpaired) electrons. The molecule has 0 aliphatic carbocycles.